The van der Waals surface area contributed by atoms with Crippen LogP contribution < -0.4 is 0 Å². The molecule has 3 nitrogen and oxygen atoms in total. The second-order valence-electron chi connectivity index (χ2n) is 6.76. The molecule has 0 amide bonds. The van der Waals surface area contributed by atoms with Crippen LogP contribution in [-0.4, -0.2) is 14.8 Å². The summed E-state index contributed by atoms with van der Waals surface area (Å²) in [4.78, 5) is 0. The van der Waals surface area contributed by atoms with Crippen LogP contribution in [0.2, 0.25) is 10.0 Å². The zero-order valence-corrected chi connectivity index (χ0v) is 18.2. The average molecular weight is 440 g/mol. The molecule has 29 heavy (non-hydrogen) atoms. The van der Waals surface area contributed by atoms with Crippen LogP contribution in [0.4, 0.5) is 0 Å². The minimum Gasteiger partial charge on any atom is -0.274 e. The summed E-state index contributed by atoms with van der Waals surface area (Å²) in [5, 5.41) is 11.1. The average Bonchev–Trinajstić information content (AvgIpc) is 3.11. The molecule has 3 aromatic carbocycles. The van der Waals surface area contributed by atoms with Crippen LogP contribution in [0.1, 0.15) is 22.5 Å². The lowest BCUT2D eigenvalue weighted by Crippen LogP contribution is -2.04. The van der Waals surface area contributed by atoms with Crippen LogP contribution in [0.3, 0.4) is 0 Å². The van der Waals surface area contributed by atoms with E-state index < -0.39 is 0 Å². The van der Waals surface area contributed by atoms with E-state index in [1.807, 2.05) is 30.3 Å². The number of hydrogen-bond donors (Lipinski definition) is 0. The Labute approximate surface area is 184 Å². The van der Waals surface area contributed by atoms with Crippen molar-refractivity contribution < 1.29 is 0 Å². The summed E-state index contributed by atoms with van der Waals surface area (Å²) in [7, 11) is 0. The highest BCUT2D eigenvalue weighted by atomic mass is 35.5. The molecule has 4 aromatic rings. The van der Waals surface area contributed by atoms with Gasteiger partial charge in [0, 0.05) is 27.9 Å². The molecule has 1 aromatic heterocycles. The zero-order valence-electron chi connectivity index (χ0n) is 15.8. The van der Waals surface area contributed by atoms with Crippen molar-refractivity contribution in [3.63, 3.8) is 0 Å². The molecule has 0 spiro atoms. The molecule has 0 atom stereocenters. The van der Waals surface area contributed by atoms with E-state index in [0.29, 0.717) is 22.2 Å². The van der Waals surface area contributed by atoms with Gasteiger partial charge in [-0.05, 0) is 42.3 Å². The van der Waals surface area contributed by atoms with Gasteiger partial charge in [-0.1, -0.05) is 89.1 Å². The van der Waals surface area contributed by atoms with Gasteiger partial charge >= 0.3 is 0 Å². The number of halogens is 2. The Balaban J connectivity index is 1.66. The lowest BCUT2D eigenvalue weighted by molar-refractivity contribution is 0.847. The number of aryl methyl sites for hydroxylation is 1. The van der Waals surface area contributed by atoms with E-state index in [2.05, 4.69) is 58.1 Å². The van der Waals surface area contributed by atoms with Crippen LogP contribution in [0.15, 0.2) is 78.0 Å². The molecule has 0 aliphatic rings. The molecule has 0 unspecified atom stereocenters. The number of rotatable bonds is 6. The quantitative estimate of drug-likeness (QED) is 0.310. The first kappa shape index (κ1) is 20.0. The summed E-state index contributed by atoms with van der Waals surface area (Å²) in [5.74, 6) is 1.59. The molecule has 0 aliphatic heterocycles. The highest BCUT2D eigenvalue weighted by Crippen LogP contribution is 2.30. The van der Waals surface area contributed by atoms with E-state index in [1.54, 1.807) is 17.8 Å². The third kappa shape index (κ3) is 4.84. The van der Waals surface area contributed by atoms with E-state index in [0.717, 1.165) is 22.2 Å². The Morgan fingerprint density at radius 3 is 2.38 bits per heavy atom. The highest BCUT2D eigenvalue weighted by Gasteiger charge is 2.16. The SMILES string of the molecule is Cc1ccc(-n2c(Cc3ccccc3)nnc2SCc2ccc(Cl)cc2Cl)cc1. The Morgan fingerprint density at radius 1 is 0.897 bits per heavy atom. The molecule has 4 rings (SSSR count). The minimum absolute atomic E-state index is 0.636. The lowest BCUT2D eigenvalue weighted by atomic mass is 10.1. The molecule has 0 radical (unpaired) electrons. The first-order chi connectivity index (χ1) is 14.1. The van der Waals surface area contributed by atoms with E-state index in [9.17, 15) is 0 Å². The monoisotopic (exact) mass is 439 g/mol. The third-order valence-corrected chi connectivity index (χ3v) is 6.13. The van der Waals surface area contributed by atoms with Crippen molar-refractivity contribution in [2.24, 2.45) is 0 Å². The van der Waals surface area contributed by atoms with Crippen molar-refractivity contribution >= 4 is 35.0 Å². The number of hydrogen-bond acceptors (Lipinski definition) is 3. The van der Waals surface area contributed by atoms with Gasteiger partial charge in [0.15, 0.2) is 5.16 Å². The molecule has 1 heterocycles. The molecule has 0 saturated carbocycles. The second-order valence-corrected chi connectivity index (χ2v) is 8.54. The second kappa shape index (κ2) is 9.04. The van der Waals surface area contributed by atoms with Gasteiger partial charge in [-0.25, -0.2) is 0 Å². The summed E-state index contributed by atoms with van der Waals surface area (Å²) in [6.07, 6.45) is 0.712. The maximum absolute atomic E-state index is 6.34. The third-order valence-electron chi connectivity index (χ3n) is 4.57. The predicted octanol–water partition coefficient (Wildman–Crippen LogP) is 6.77. The topological polar surface area (TPSA) is 30.7 Å². The molecule has 0 N–H and O–H groups in total. The van der Waals surface area contributed by atoms with Crippen molar-refractivity contribution in [3.05, 3.63) is 105 Å². The summed E-state index contributed by atoms with van der Waals surface area (Å²) in [6, 6.07) is 24.3. The fourth-order valence-electron chi connectivity index (χ4n) is 3.02. The number of thioether (sulfide) groups is 1. The Kier molecular flexibility index (Phi) is 6.24. The van der Waals surface area contributed by atoms with E-state index >= 15 is 0 Å². The molecule has 0 bridgehead atoms. The fraction of sp³-hybridized carbons (Fsp3) is 0.130. The number of aromatic nitrogens is 3. The van der Waals surface area contributed by atoms with Crippen LogP contribution >= 0.6 is 35.0 Å². The first-order valence-electron chi connectivity index (χ1n) is 9.22. The van der Waals surface area contributed by atoms with Gasteiger partial charge < -0.3 is 0 Å². The number of nitrogens with zero attached hydrogens (tertiary/aromatic N) is 3. The molecule has 146 valence electrons. The molecular weight excluding hydrogens is 421 g/mol. The fourth-order valence-corrected chi connectivity index (χ4v) is 4.55. The summed E-state index contributed by atoms with van der Waals surface area (Å²) >= 11 is 14.0. The van der Waals surface area contributed by atoms with Gasteiger partial charge in [0.2, 0.25) is 0 Å². The van der Waals surface area contributed by atoms with E-state index in [1.165, 1.54) is 11.1 Å². The van der Waals surface area contributed by atoms with Gasteiger partial charge in [-0.2, -0.15) is 0 Å². The normalized spacial score (nSPS) is 11.0. The molecule has 6 heteroatoms. The maximum atomic E-state index is 6.34. The Bertz CT molecular complexity index is 1110. The summed E-state index contributed by atoms with van der Waals surface area (Å²) < 4.78 is 2.13. The van der Waals surface area contributed by atoms with E-state index in [4.69, 9.17) is 23.2 Å². The summed E-state index contributed by atoms with van der Waals surface area (Å²) in [5.41, 5.74) is 4.49. The maximum Gasteiger partial charge on any atom is 0.196 e. The molecule has 0 fully saturated rings. The number of benzene rings is 3. The lowest BCUT2D eigenvalue weighted by Gasteiger charge is -2.11. The summed E-state index contributed by atoms with van der Waals surface area (Å²) in [6.45, 7) is 2.08. The smallest absolute Gasteiger partial charge is 0.196 e. The first-order valence-corrected chi connectivity index (χ1v) is 11.0. The van der Waals surface area contributed by atoms with Crippen molar-refractivity contribution in [1.82, 2.24) is 14.8 Å². The highest BCUT2D eigenvalue weighted by molar-refractivity contribution is 7.98. The predicted molar refractivity (Wildman–Crippen MR) is 121 cm³/mol. The van der Waals surface area contributed by atoms with Gasteiger partial charge in [-0.3, -0.25) is 4.57 Å². The van der Waals surface area contributed by atoms with Crippen LogP contribution in [0, 0.1) is 6.92 Å². The van der Waals surface area contributed by atoms with Crippen LogP contribution in [0.25, 0.3) is 5.69 Å². The van der Waals surface area contributed by atoms with Gasteiger partial charge in [0.1, 0.15) is 5.82 Å². The Morgan fingerprint density at radius 2 is 1.66 bits per heavy atom. The van der Waals surface area contributed by atoms with Crippen LogP contribution in [-0.2, 0) is 12.2 Å². The van der Waals surface area contributed by atoms with Crippen molar-refractivity contribution in [2.45, 2.75) is 24.3 Å². The van der Waals surface area contributed by atoms with Gasteiger partial charge in [0.25, 0.3) is 0 Å². The van der Waals surface area contributed by atoms with Gasteiger partial charge in [-0.15, -0.1) is 10.2 Å². The Hall–Kier alpha value is -2.27. The molecule has 0 aliphatic carbocycles. The minimum atomic E-state index is 0.636. The van der Waals surface area contributed by atoms with Crippen molar-refractivity contribution in [1.29, 1.82) is 0 Å². The molecule has 0 saturated heterocycles. The van der Waals surface area contributed by atoms with E-state index in [-0.39, 0.29) is 0 Å². The van der Waals surface area contributed by atoms with Gasteiger partial charge in [0.05, 0.1) is 0 Å². The largest absolute Gasteiger partial charge is 0.274 e. The van der Waals surface area contributed by atoms with Crippen LogP contribution in [0.5, 0.6) is 0 Å². The van der Waals surface area contributed by atoms with Crippen molar-refractivity contribution in [3.8, 4) is 5.69 Å². The molecular formula is C23H19Cl2N3S. The van der Waals surface area contributed by atoms with Crippen molar-refractivity contribution in [2.75, 3.05) is 0 Å². The zero-order chi connectivity index (χ0) is 20.2. The standard InChI is InChI=1S/C23H19Cl2N3S/c1-16-7-11-20(12-8-16)28-22(13-17-5-3-2-4-6-17)26-27-23(28)29-15-18-9-10-19(24)14-21(18)25/h2-12,14H,13,15H2,1H3.